The first-order chi connectivity index (χ1) is 21.2. The van der Waals surface area contributed by atoms with Crippen LogP contribution in [0.1, 0.15) is 80.4 Å². The zero-order valence-electron chi connectivity index (χ0n) is 28.3. The topological polar surface area (TPSA) is 108 Å². The van der Waals surface area contributed by atoms with Gasteiger partial charge in [-0.3, -0.25) is 0 Å². The van der Waals surface area contributed by atoms with Crippen LogP contribution in [0.5, 0.6) is 34.5 Å². The average Bonchev–Trinajstić information content (AvgIpc) is 2.96. The first kappa shape index (κ1) is 36.8. The fourth-order valence-electron chi connectivity index (χ4n) is 4.44. The van der Waals surface area contributed by atoms with Crippen LogP contribution in [0.15, 0.2) is 48.6 Å². The van der Waals surface area contributed by atoms with Gasteiger partial charge in [0, 0.05) is 41.5 Å². The van der Waals surface area contributed by atoms with Crippen molar-refractivity contribution in [2.24, 2.45) is 0 Å². The Hall–Kier alpha value is -4.34. The van der Waals surface area contributed by atoms with Gasteiger partial charge in [-0.1, -0.05) is 39.1 Å². The summed E-state index contributed by atoms with van der Waals surface area (Å²) in [6, 6.07) is 7.33. The molecule has 0 spiro atoms. The van der Waals surface area contributed by atoms with Gasteiger partial charge in [0.05, 0.1) is 26.4 Å². The summed E-state index contributed by atoms with van der Waals surface area (Å²) in [6.07, 6.45) is -2.01. The average molecular weight is 629 g/mol. The van der Waals surface area contributed by atoms with Crippen molar-refractivity contribution in [3.8, 4) is 34.5 Å². The van der Waals surface area contributed by atoms with E-state index in [9.17, 15) is 9.59 Å². The van der Waals surface area contributed by atoms with Gasteiger partial charge in [-0.2, -0.15) is 0 Å². The van der Waals surface area contributed by atoms with Crippen LogP contribution >= 0.6 is 0 Å². The van der Waals surface area contributed by atoms with Gasteiger partial charge in [-0.05, 0) is 53.7 Å². The van der Waals surface area contributed by atoms with Gasteiger partial charge >= 0.3 is 11.9 Å². The molecule has 2 rings (SSSR count). The third-order valence-electron chi connectivity index (χ3n) is 6.49. The maximum atomic E-state index is 12.3. The molecule has 45 heavy (non-hydrogen) atoms. The molecule has 0 saturated carbocycles. The molecule has 2 aromatic carbocycles. The van der Waals surface area contributed by atoms with Gasteiger partial charge < -0.3 is 37.9 Å². The zero-order valence-corrected chi connectivity index (χ0v) is 28.3. The monoisotopic (exact) mass is 628 g/mol. The fourth-order valence-corrected chi connectivity index (χ4v) is 4.44. The third-order valence-corrected chi connectivity index (χ3v) is 6.49. The molecule has 0 aromatic heterocycles. The first-order valence-corrected chi connectivity index (χ1v) is 15.2. The quantitative estimate of drug-likeness (QED) is 0.0948. The fraction of sp³-hybridized carbons (Fsp3) is 0.486. The minimum atomic E-state index is -1.00. The third kappa shape index (κ3) is 9.33. The van der Waals surface area contributed by atoms with E-state index in [1.165, 1.54) is 0 Å². The summed E-state index contributed by atoms with van der Waals surface area (Å²) in [4.78, 5) is 24.7. The Labute approximate surface area is 267 Å². The number of hydrogen-bond donors (Lipinski definition) is 0. The molecular formula is C35H48O10. The first-order valence-electron chi connectivity index (χ1n) is 15.2. The second-order valence-corrected chi connectivity index (χ2v) is 10.6. The number of hydrogen-bond acceptors (Lipinski definition) is 10. The van der Waals surface area contributed by atoms with Crippen LogP contribution in [0, 0.1) is 0 Å². The van der Waals surface area contributed by atoms with Crippen LogP contribution in [0.3, 0.4) is 0 Å². The Morgan fingerprint density at radius 2 is 0.956 bits per heavy atom. The lowest BCUT2D eigenvalue weighted by molar-refractivity contribution is -0.157. The van der Waals surface area contributed by atoms with E-state index >= 15 is 0 Å². The van der Waals surface area contributed by atoms with Crippen molar-refractivity contribution in [2.45, 2.75) is 87.2 Å². The highest BCUT2D eigenvalue weighted by atomic mass is 16.7. The van der Waals surface area contributed by atoms with E-state index in [0.29, 0.717) is 72.1 Å². The molecule has 0 aliphatic heterocycles. The van der Waals surface area contributed by atoms with Crippen molar-refractivity contribution in [1.29, 1.82) is 0 Å². The number of rotatable bonds is 18. The molecule has 0 bridgehead atoms. The molecule has 2 atom stereocenters. The lowest BCUT2D eigenvalue weighted by Crippen LogP contribution is -2.28. The summed E-state index contributed by atoms with van der Waals surface area (Å²) in [5.41, 5.74) is 0.917. The van der Waals surface area contributed by atoms with E-state index < -0.39 is 29.9 Å². The summed E-state index contributed by atoms with van der Waals surface area (Å²) in [6.45, 7) is 26.4. The van der Waals surface area contributed by atoms with Crippen molar-refractivity contribution in [3.63, 3.8) is 0 Å². The van der Waals surface area contributed by atoms with Gasteiger partial charge in [0.2, 0.25) is 24.1 Å². The highest BCUT2D eigenvalue weighted by Gasteiger charge is 2.36. The maximum Gasteiger partial charge on any atom is 0.336 e. The van der Waals surface area contributed by atoms with E-state index in [0.717, 1.165) is 0 Å². The summed E-state index contributed by atoms with van der Waals surface area (Å²) in [7, 11) is 0. The SMILES string of the molecule is C=C(C)C(=O)OC(C)Oc1c(C(C)(C)c2ccc(OCC)c(OCC)c2OC(C)OC(=O)C(=C)C)ccc(OCC)c1OCC. The van der Waals surface area contributed by atoms with Crippen molar-refractivity contribution >= 4 is 11.9 Å². The number of carbonyl (C=O) groups excluding carboxylic acids is 2. The number of benzene rings is 2. The van der Waals surface area contributed by atoms with Crippen molar-refractivity contribution < 1.29 is 47.5 Å². The van der Waals surface area contributed by atoms with Gasteiger partial charge in [-0.25, -0.2) is 9.59 Å². The second kappa shape index (κ2) is 16.7. The number of ether oxygens (including phenoxy) is 8. The molecule has 0 amide bonds. The van der Waals surface area contributed by atoms with E-state index in [-0.39, 0.29) is 11.1 Å². The van der Waals surface area contributed by atoms with Crippen LogP contribution in [-0.4, -0.2) is 50.9 Å². The molecule has 2 unspecified atom stereocenters. The van der Waals surface area contributed by atoms with E-state index in [1.54, 1.807) is 39.8 Å². The second-order valence-electron chi connectivity index (χ2n) is 10.6. The van der Waals surface area contributed by atoms with E-state index in [1.807, 2.05) is 53.7 Å². The molecule has 0 aliphatic carbocycles. The minimum absolute atomic E-state index is 0.236. The molecule has 0 aliphatic rings. The van der Waals surface area contributed by atoms with Crippen LogP contribution in [0.2, 0.25) is 0 Å². The van der Waals surface area contributed by atoms with Gasteiger partial charge in [0.1, 0.15) is 0 Å². The molecule has 0 radical (unpaired) electrons. The van der Waals surface area contributed by atoms with Crippen molar-refractivity contribution in [2.75, 3.05) is 26.4 Å². The Morgan fingerprint density at radius 1 is 0.622 bits per heavy atom. The summed E-state index contributed by atoms with van der Waals surface area (Å²) < 4.78 is 47.5. The zero-order chi connectivity index (χ0) is 33.9. The number of carbonyl (C=O) groups is 2. The van der Waals surface area contributed by atoms with Crippen molar-refractivity contribution in [1.82, 2.24) is 0 Å². The summed E-state index contributed by atoms with van der Waals surface area (Å²) in [5.74, 6) is 1.07. The van der Waals surface area contributed by atoms with Crippen LogP contribution in [0.25, 0.3) is 0 Å². The molecule has 0 N–H and O–H groups in total. The molecule has 2 aromatic rings. The molecule has 248 valence electrons. The minimum Gasteiger partial charge on any atom is -0.490 e. The Bertz CT molecular complexity index is 1260. The predicted octanol–water partition coefficient (Wildman–Crippen LogP) is 7.30. The van der Waals surface area contributed by atoms with Gasteiger partial charge in [0.15, 0.2) is 23.0 Å². The lowest BCUT2D eigenvalue weighted by atomic mass is 9.76. The van der Waals surface area contributed by atoms with Crippen LogP contribution in [0.4, 0.5) is 0 Å². The standard InChI is InChI=1S/C35H48O10/c1-13-38-27-19-17-25(29(31(27)40-15-3)42-23(9)44-33(36)21(5)6)35(11,12)26-18-20-28(39-14-2)32(41-16-4)30(26)43-24(10)45-34(37)22(7)8/h17-20,23-24H,5,7,13-16H2,1-4,6,8-12H3. The smallest absolute Gasteiger partial charge is 0.336 e. The molecule has 10 heteroatoms. The normalized spacial score (nSPS) is 12.3. The lowest BCUT2D eigenvalue weighted by Gasteiger charge is -2.33. The van der Waals surface area contributed by atoms with Crippen LogP contribution < -0.4 is 28.4 Å². The molecule has 0 fully saturated rings. The molecule has 0 heterocycles. The Balaban J connectivity index is 2.87. The summed E-state index contributed by atoms with van der Waals surface area (Å²) in [5, 5.41) is 0. The van der Waals surface area contributed by atoms with Gasteiger partial charge in [-0.15, -0.1) is 0 Å². The number of esters is 2. The van der Waals surface area contributed by atoms with E-state index in [2.05, 4.69) is 13.2 Å². The Morgan fingerprint density at radius 3 is 1.24 bits per heavy atom. The van der Waals surface area contributed by atoms with E-state index in [4.69, 9.17) is 37.9 Å². The van der Waals surface area contributed by atoms with Crippen molar-refractivity contribution in [3.05, 3.63) is 59.7 Å². The van der Waals surface area contributed by atoms with Gasteiger partial charge in [0.25, 0.3) is 0 Å². The maximum absolute atomic E-state index is 12.3. The highest BCUT2D eigenvalue weighted by Crippen LogP contribution is 2.52. The molecular weight excluding hydrogens is 580 g/mol. The largest absolute Gasteiger partial charge is 0.490 e. The highest BCUT2D eigenvalue weighted by molar-refractivity contribution is 5.87. The van der Waals surface area contributed by atoms with Crippen LogP contribution in [-0.2, 0) is 24.5 Å². The summed E-state index contributed by atoms with van der Waals surface area (Å²) >= 11 is 0. The molecule has 0 saturated heterocycles. The molecule has 10 nitrogen and oxygen atoms in total. The predicted molar refractivity (Wildman–Crippen MR) is 172 cm³/mol. The Kier molecular flexibility index (Phi) is 13.6.